The number of rotatable bonds is 6. The van der Waals surface area contributed by atoms with E-state index in [1.807, 2.05) is 29.6 Å². The maximum Gasteiger partial charge on any atom is 0.244 e. The van der Waals surface area contributed by atoms with E-state index < -0.39 is 0 Å². The van der Waals surface area contributed by atoms with Crippen molar-refractivity contribution in [2.24, 2.45) is 0 Å². The lowest BCUT2D eigenvalue weighted by molar-refractivity contribution is -0.116. The van der Waals surface area contributed by atoms with Crippen LogP contribution >= 0.6 is 22.9 Å². The number of carbonyl (C=O) groups excluding carboxylic acids is 1. The van der Waals surface area contributed by atoms with E-state index in [4.69, 9.17) is 11.6 Å². The Hall–Kier alpha value is -2.37. The largest absolute Gasteiger partial charge is 0.352 e. The van der Waals surface area contributed by atoms with Crippen LogP contribution in [0.1, 0.15) is 11.3 Å². The van der Waals surface area contributed by atoms with Gasteiger partial charge >= 0.3 is 0 Å². The number of aromatic nitrogens is 2. The van der Waals surface area contributed by atoms with Gasteiger partial charge in [0.1, 0.15) is 5.69 Å². The van der Waals surface area contributed by atoms with Crippen molar-refractivity contribution in [1.82, 2.24) is 15.3 Å². The van der Waals surface area contributed by atoms with Crippen LogP contribution in [0.4, 0.5) is 0 Å². The molecule has 2 heterocycles. The Morgan fingerprint density at radius 3 is 2.88 bits per heavy atom. The van der Waals surface area contributed by atoms with Gasteiger partial charge in [-0.1, -0.05) is 29.8 Å². The first kappa shape index (κ1) is 16.5. The van der Waals surface area contributed by atoms with Crippen molar-refractivity contribution in [3.63, 3.8) is 0 Å². The van der Waals surface area contributed by atoms with Crippen LogP contribution in [0.2, 0.25) is 5.02 Å². The van der Waals surface area contributed by atoms with Crippen molar-refractivity contribution < 1.29 is 4.79 Å². The summed E-state index contributed by atoms with van der Waals surface area (Å²) < 4.78 is 0. The fourth-order valence-electron chi connectivity index (χ4n) is 2.25. The molecule has 0 fully saturated rings. The summed E-state index contributed by atoms with van der Waals surface area (Å²) in [5, 5.41) is 5.58. The summed E-state index contributed by atoms with van der Waals surface area (Å²) in [5.41, 5.74) is 2.92. The van der Waals surface area contributed by atoms with E-state index in [2.05, 4.69) is 15.3 Å². The van der Waals surface area contributed by atoms with E-state index in [1.54, 1.807) is 35.9 Å². The van der Waals surface area contributed by atoms with Crippen LogP contribution in [0.3, 0.4) is 0 Å². The maximum atomic E-state index is 11.9. The Morgan fingerprint density at radius 1 is 1.29 bits per heavy atom. The lowest BCUT2D eigenvalue weighted by Crippen LogP contribution is -2.23. The summed E-state index contributed by atoms with van der Waals surface area (Å²) in [6.45, 7) is 0.546. The average molecular weight is 358 g/mol. The zero-order valence-electron chi connectivity index (χ0n) is 12.8. The third-order valence-electron chi connectivity index (χ3n) is 3.44. The van der Waals surface area contributed by atoms with Crippen molar-refractivity contribution in [2.45, 2.75) is 6.42 Å². The fourth-order valence-corrected chi connectivity index (χ4v) is 3.13. The molecular weight excluding hydrogens is 342 g/mol. The molecule has 3 aromatic rings. The van der Waals surface area contributed by atoms with Crippen LogP contribution in [0.15, 0.2) is 54.2 Å². The summed E-state index contributed by atoms with van der Waals surface area (Å²) in [6.07, 6.45) is 5.68. The molecule has 4 nitrogen and oxygen atoms in total. The second-order valence-electron chi connectivity index (χ2n) is 5.13. The molecule has 2 N–H and O–H groups in total. The van der Waals surface area contributed by atoms with Crippen molar-refractivity contribution in [3.05, 3.63) is 70.5 Å². The number of imidazole rings is 1. The highest BCUT2D eigenvalue weighted by atomic mass is 35.5. The quantitative estimate of drug-likeness (QED) is 0.651. The molecule has 3 rings (SSSR count). The van der Waals surface area contributed by atoms with E-state index in [-0.39, 0.29) is 5.91 Å². The second kappa shape index (κ2) is 7.95. The summed E-state index contributed by atoms with van der Waals surface area (Å²) in [6, 6.07) is 11.4. The number of H-pyrrole nitrogens is 1. The zero-order valence-corrected chi connectivity index (χ0v) is 14.4. The average Bonchev–Trinajstić information content (AvgIpc) is 3.25. The van der Waals surface area contributed by atoms with E-state index >= 15 is 0 Å². The van der Waals surface area contributed by atoms with Gasteiger partial charge in [-0.25, -0.2) is 4.98 Å². The molecule has 0 atom stereocenters. The van der Waals surface area contributed by atoms with Gasteiger partial charge in [-0.3, -0.25) is 4.79 Å². The number of nitrogens with zero attached hydrogens (tertiary/aromatic N) is 1. The van der Waals surface area contributed by atoms with Gasteiger partial charge < -0.3 is 10.3 Å². The first-order chi connectivity index (χ1) is 11.7. The first-order valence-corrected chi connectivity index (χ1v) is 8.76. The number of thiophene rings is 1. The van der Waals surface area contributed by atoms with Crippen molar-refractivity contribution >= 4 is 34.9 Å². The van der Waals surface area contributed by atoms with E-state index in [0.29, 0.717) is 18.0 Å². The van der Waals surface area contributed by atoms with Gasteiger partial charge in [0, 0.05) is 29.8 Å². The minimum atomic E-state index is -0.123. The van der Waals surface area contributed by atoms with Crippen LogP contribution in [0.25, 0.3) is 16.6 Å². The van der Waals surface area contributed by atoms with E-state index in [1.165, 1.54) is 6.08 Å². The standard InChI is InChI=1S/C18H16ClN3OS/c19-14-6-3-13(4-7-14)5-8-17(23)20-10-9-15-18(22-12-21-15)16-2-1-11-24-16/h1-8,11-12H,9-10H2,(H,20,23)(H,21,22)/b8-5+. The molecule has 1 amide bonds. The second-order valence-corrected chi connectivity index (χ2v) is 6.52. The van der Waals surface area contributed by atoms with Gasteiger partial charge in [0.05, 0.1) is 11.2 Å². The molecule has 0 aliphatic heterocycles. The normalized spacial score (nSPS) is 11.0. The summed E-state index contributed by atoms with van der Waals surface area (Å²) in [7, 11) is 0. The highest BCUT2D eigenvalue weighted by molar-refractivity contribution is 7.13. The third kappa shape index (κ3) is 4.34. The maximum absolute atomic E-state index is 11.9. The minimum absolute atomic E-state index is 0.123. The lowest BCUT2D eigenvalue weighted by atomic mass is 10.2. The molecule has 0 aliphatic carbocycles. The fraction of sp³-hybridized carbons (Fsp3) is 0.111. The molecule has 24 heavy (non-hydrogen) atoms. The number of nitrogens with one attached hydrogen (secondary N) is 2. The molecule has 0 unspecified atom stereocenters. The molecule has 122 valence electrons. The van der Waals surface area contributed by atoms with Crippen molar-refractivity contribution in [3.8, 4) is 10.6 Å². The number of benzene rings is 1. The van der Waals surface area contributed by atoms with E-state index in [9.17, 15) is 4.79 Å². The number of carbonyl (C=O) groups is 1. The SMILES string of the molecule is O=C(/C=C/c1ccc(Cl)cc1)NCCc1[nH]cnc1-c1cccs1. The Morgan fingerprint density at radius 2 is 2.12 bits per heavy atom. The third-order valence-corrected chi connectivity index (χ3v) is 4.57. The van der Waals surface area contributed by atoms with Gasteiger partial charge in [-0.2, -0.15) is 0 Å². The zero-order chi connectivity index (χ0) is 16.8. The molecule has 2 aromatic heterocycles. The van der Waals surface area contributed by atoms with E-state index in [0.717, 1.165) is 21.8 Å². The number of hydrogen-bond acceptors (Lipinski definition) is 3. The molecule has 0 spiro atoms. The van der Waals surface area contributed by atoms with Crippen LogP contribution in [-0.4, -0.2) is 22.4 Å². The monoisotopic (exact) mass is 357 g/mol. The predicted molar refractivity (Wildman–Crippen MR) is 99.1 cm³/mol. The molecule has 0 radical (unpaired) electrons. The molecule has 1 aromatic carbocycles. The molecule has 0 aliphatic rings. The van der Waals surface area contributed by atoms with Crippen LogP contribution in [0, 0.1) is 0 Å². The molecule has 6 heteroatoms. The van der Waals surface area contributed by atoms with Gasteiger partial charge in [-0.15, -0.1) is 11.3 Å². The molecule has 0 saturated carbocycles. The first-order valence-electron chi connectivity index (χ1n) is 7.50. The van der Waals surface area contributed by atoms with Crippen molar-refractivity contribution in [2.75, 3.05) is 6.54 Å². The highest BCUT2D eigenvalue weighted by Gasteiger charge is 2.09. The number of halogens is 1. The number of hydrogen-bond donors (Lipinski definition) is 2. The smallest absolute Gasteiger partial charge is 0.244 e. The molecular formula is C18H16ClN3OS. The molecule has 0 saturated heterocycles. The predicted octanol–water partition coefficient (Wildman–Crippen LogP) is 4.16. The summed E-state index contributed by atoms with van der Waals surface area (Å²) >= 11 is 7.48. The summed E-state index contributed by atoms with van der Waals surface area (Å²) in [5.74, 6) is -0.123. The Labute approximate surface area is 149 Å². The Bertz CT molecular complexity index is 822. The van der Waals surface area contributed by atoms with Crippen molar-refractivity contribution in [1.29, 1.82) is 0 Å². The van der Waals surface area contributed by atoms with Crippen LogP contribution < -0.4 is 5.32 Å². The molecule has 0 bridgehead atoms. The highest BCUT2D eigenvalue weighted by Crippen LogP contribution is 2.25. The van der Waals surface area contributed by atoms with Gasteiger partial charge in [0.2, 0.25) is 5.91 Å². The van der Waals surface area contributed by atoms with Gasteiger partial charge in [0.15, 0.2) is 0 Å². The lowest BCUT2D eigenvalue weighted by Gasteiger charge is -2.03. The number of amides is 1. The number of aromatic amines is 1. The van der Waals surface area contributed by atoms with Crippen LogP contribution in [0.5, 0.6) is 0 Å². The van der Waals surface area contributed by atoms with Crippen LogP contribution in [-0.2, 0) is 11.2 Å². The topological polar surface area (TPSA) is 57.8 Å². The van der Waals surface area contributed by atoms with Gasteiger partial charge in [0.25, 0.3) is 0 Å². The Kier molecular flexibility index (Phi) is 5.46. The minimum Gasteiger partial charge on any atom is -0.352 e. The Balaban J connectivity index is 1.51. The van der Waals surface area contributed by atoms with Gasteiger partial charge in [-0.05, 0) is 35.2 Å². The summed E-state index contributed by atoms with van der Waals surface area (Å²) in [4.78, 5) is 20.5.